The number of nitrogens with one attached hydrogen (secondary N) is 1. The van der Waals surface area contributed by atoms with Crippen molar-refractivity contribution in [1.82, 2.24) is 5.32 Å². The third-order valence-electron chi connectivity index (χ3n) is 1.49. The first-order chi connectivity index (χ1) is 6.10. The van der Waals surface area contributed by atoms with E-state index in [1.165, 1.54) is 13.0 Å². The monoisotopic (exact) mass is 187 g/mol. The van der Waals surface area contributed by atoms with Crippen LogP contribution in [0.25, 0.3) is 0 Å². The van der Waals surface area contributed by atoms with Crippen molar-refractivity contribution in [2.45, 2.75) is 20.1 Å². The highest BCUT2D eigenvalue weighted by Crippen LogP contribution is 1.92. The second-order valence-corrected chi connectivity index (χ2v) is 2.72. The highest BCUT2D eigenvalue weighted by Gasteiger charge is 2.03. The van der Waals surface area contributed by atoms with Gasteiger partial charge in [-0.15, -0.1) is 0 Å². The fourth-order valence-corrected chi connectivity index (χ4v) is 0.863. The minimum atomic E-state index is -0.282. The predicted molar refractivity (Wildman–Crippen MR) is 50.2 cm³/mol. The van der Waals surface area contributed by atoms with Gasteiger partial charge < -0.3 is 14.8 Å². The summed E-state index contributed by atoms with van der Waals surface area (Å²) in [6, 6.07) is 0. The van der Waals surface area contributed by atoms with Gasteiger partial charge in [-0.05, 0) is 19.9 Å². The Hall–Kier alpha value is -0.870. The quantitative estimate of drug-likeness (QED) is 0.491. The summed E-state index contributed by atoms with van der Waals surface area (Å²) < 4.78 is 9.92. The van der Waals surface area contributed by atoms with Crippen molar-refractivity contribution in [3.63, 3.8) is 0 Å². The van der Waals surface area contributed by atoms with E-state index in [2.05, 4.69) is 5.32 Å². The van der Waals surface area contributed by atoms with Crippen molar-refractivity contribution in [2.75, 3.05) is 20.8 Å². The number of ketones is 1. The summed E-state index contributed by atoms with van der Waals surface area (Å²) in [5.74, 6) is 0.0244. The van der Waals surface area contributed by atoms with Gasteiger partial charge in [0.15, 0.2) is 12.1 Å². The molecule has 76 valence electrons. The standard InChI is InChI=1S/C9H17NO3/c1-7(5-8(2)11)10-6-9(12-3)13-4/h5,9-10H,6H2,1-4H3/b7-5-. The maximum Gasteiger partial charge on any atom is 0.173 e. The molecule has 0 rings (SSSR count). The number of ether oxygens (including phenoxy) is 2. The molecule has 0 bridgehead atoms. The number of rotatable bonds is 6. The molecule has 4 heteroatoms. The molecule has 0 aliphatic rings. The van der Waals surface area contributed by atoms with Gasteiger partial charge in [0, 0.05) is 19.9 Å². The third kappa shape index (κ3) is 6.31. The van der Waals surface area contributed by atoms with Crippen LogP contribution in [0.4, 0.5) is 0 Å². The summed E-state index contributed by atoms with van der Waals surface area (Å²) in [6.45, 7) is 3.86. The molecule has 0 aliphatic heterocycles. The Morgan fingerprint density at radius 2 is 1.92 bits per heavy atom. The Kier molecular flexibility index (Phi) is 6.18. The number of hydrogen-bond donors (Lipinski definition) is 1. The largest absolute Gasteiger partial charge is 0.383 e. The minimum Gasteiger partial charge on any atom is -0.383 e. The summed E-state index contributed by atoms with van der Waals surface area (Å²) in [5.41, 5.74) is 0.812. The van der Waals surface area contributed by atoms with Crippen molar-refractivity contribution < 1.29 is 14.3 Å². The average Bonchev–Trinajstić information content (AvgIpc) is 2.05. The lowest BCUT2D eigenvalue weighted by atomic mass is 10.3. The molecular weight excluding hydrogens is 170 g/mol. The van der Waals surface area contributed by atoms with Gasteiger partial charge in [0.1, 0.15) is 0 Å². The Morgan fingerprint density at radius 3 is 2.31 bits per heavy atom. The van der Waals surface area contributed by atoms with E-state index in [-0.39, 0.29) is 12.1 Å². The molecule has 0 aromatic rings. The predicted octanol–water partition coefficient (Wildman–Crippen LogP) is 0.688. The van der Waals surface area contributed by atoms with E-state index in [0.29, 0.717) is 6.54 Å². The molecule has 0 aromatic heterocycles. The SMILES string of the molecule is COC(CN/C(C)=C\C(C)=O)OC. The van der Waals surface area contributed by atoms with Gasteiger partial charge in [-0.25, -0.2) is 0 Å². The van der Waals surface area contributed by atoms with E-state index >= 15 is 0 Å². The Bertz CT molecular complexity index is 185. The zero-order chi connectivity index (χ0) is 10.3. The van der Waals surface area contributed by atoms with Crippen LogP contribution in [0.15, 0.2) is 11.8 Å². The molecule has 0 saturated heterocycles. The molecule has 0 unspecified atom stereocenters. The van der Waals surface area contributed by atoms with Crippen molar-refractivity contribution in [1.29, 1.82) is 0 Å². The minimum absolute atomic E-state index is 0.0244. The summed E-state index contributed by atoms with van der Waals surface area (Å²) in [4.78, 5) is 10.7. The van der Waals surface area contributed by atoms with Crippen LogP contribution < -0.4 is 5.32 Å². The van der Waals surface area contributed by atoms with E-state index in [9.17, 15) is 4.79 Å². The first kappa shape index (κ1) is 12.1. The van der Waals surface area contributed by atoms with E-state index in [0.717, 1.165) is 5.70 Å². The molecule has 0 amide bonds. The zero-order valence-electron chi connectivity index (χ0n) is 8.59. The normalized spacial score (nSPS) is 11.9. The lowest BCUT2D eigenvalue weighted by molar-refractivity contribution is -0.112. The second kappa shape index (κ2) is 6.62. The van der Waals surface area contributed by atoms with Gasteiger partial charge in [0.25, 0.3) is 0 Å². The van der Waals surface area contributed by atoms with Crippen molar-refractivity contribution in [3.8, 4) is 0 Å². The Balaban J connectivity index is 3.80. The topological polar surface area (TPSA) is 47.6 Å². The number of hydrogen-bond acceptors (Lipinski definition) is 4. The van der Waals surface area contributed by atoms with Crippen LogP contribution in [0.2, 0.25) is 0 Å². The fourth-order valence-electron chi connectivity index (χ4n) is 0.863. The molecule has 0 radical (unpaired) electrons. The highest BCUT2D eigenvalue weighted by molar-refractivity contribution is 5.87. The average molecular weight is 187 g/mol. The van der Waals surface area contributed by atoms with Crippen molar-refractivity contribution in [2.24, 2.45) is 0 Å². The van der Waals surface area contributed by atoms with Gasteiger partial charge >= 0.3 is 0 Å². The molecular formula is C9H17NO3. The summed E-state index contributed by atoms with van der Waals surface area (Å²) in [7, 11) is 3.14. The van der Waals surface area contributed by atoms with Crippen LogP contribution in [0.5, 0.6) is 0 Å². The molecule has 0 spiro atoms. The fraction of sp³-hybridized carbons (Fsp3) is 0.667. The maximum atomic E-state index is 10.7. The van der Waals surface area contributed by atoms with E-state index in [1.54, 1.807) is 14.2 Å². The number of carbonyl (C=O) groups excluding carboxylic acids is 1. The summed E-state index contributed by atoms with van der Waals surface area (Å²) in [6.07, 6.45) is 1.25. The van der Waals surface area contributed by atoms with Crippen LogP contribution in [-0.4, -0.2) is 32.8 Å². The number of allylic oxidation sites excluding steroid dienone is 2. The zero-order valence-corrected chi connectivity index (χ0v) is 8.59. The van der Waals surface area contributed by atoms with E-state index in [1.807, 2.05) is 6.92 Å². The summed E-state index contributed by atoms with van der Waals surface area (Å²) >= 11 is 0. The number of carbonyl (C=O) groups is 1. The van der Waals surface area contributed by atoms with Gasteiger partial charge in [-0.1, -0.05) is 0 Å². The Morgan fingerprint density at radius 1 is 1.38 bits per heavy atom. The smallest absolute Gasteiger partial charge is 0.173 e. The lowest BCUT2D eigenvalue weighted by Crippen LogP contribution is -2.28. The first-order valence-electron chi connectivity index (χ1n) is 4.08. The van der Waals surface area contributed by atoms with Crippen LogP contribution in [-0.2, 0) is 14.3 Å². The van der Waals surface area contributed by atoms with Crippen LogP contribution >= 0.6 is 0 Å². The third-order valence-corrected chi connectivity index (χ3v) is 1.49. The van der Waals surface area contributed by atoms with E-state index in [4.69, 9.17) is 9.47 Å². The highest BCUT2D eigenvalue weighted by atomic mass is 16.7. The Labute approximate surface area is 78.9 Å². The molecule has 0 aromatic carbocycles. The van der Waals surface area contributed by atoms with Crippen molar-refractivity contribution in [3.05, 3.63) is 11.8 Å². The lowest BCUT2D eigenvalue weighted by Gasteiger charge is -2.14. The molecule has 13 heavy (non-hydrogen) atoms. The van der Waals surface area contributed by atoms with Crippen LogP contribution in [0.1, 0.15) is 13.8 Å². The number of methoxy groups -OCH3 is 2. The summed E-state index contributed by atoms with van der Waals surface area (Å²) in [5, 5.41) is 3.01. The molecule has 4 nitrogen and oxygen atoms in total. The van der Waals surface area contributed by atoms with Gasteiger partial charge in [-0.3, -0.25) is 4.79 Å². The molecule has 0 saturated carbocycles. The van der Waals surface area contributed by atoms with Crippen LogP contribution in [0.3, 0.4) is 0 Å². The molecule has 0 atom stereocenters. The van der Waals surface area contributed by atoms with E-state index < -0.39 is 0 Å². The van der Waals surface area contributed by atoms with Crippen LogP contribution in [0, 0.1) is 0 Å². The molecule has 0 fully saturated rings. The molecule has 0 heterocycles. The first-order valence-corrected chi connectivity index (χ1v) is 4.08. The molecule has 0 aliphatic carbocycles. The van der Waals surface area contributed by atoms with Gasteiger partial charge in [0.2, 0.25) is 0 Å². The van der Waals surface area contributed by atoms with Gasteiger partial charge in [0.05, 0.1) is 6.54 Å². The van der Waals surface area contributed by atoms with Gasteiger partial charge in [-0.2, -0.15) is 0 Å². The van der Waals surface area contributed by atoms with Crippen molar-refractivity contribution >= 4 is 5.78 Å². The second-order valence-electron chi connectivity index (χ2n) is 2.72. The maximum absolute atomic E-state index is 10.7. The molecule has 1 N–H and O–H groups in total.